The number of anilines is 1. The Hall–Kier alpha value is -2.42. The van der Waals surface area contributed by atoms with E-state index in [9.17, 15) is 9.59 Å². The topological polar surface area (TPSA) is 55.2 Å². The number of hydrogen-bond donors (Lipinski definition) is 0. The van der Waals surface area contributed by atoms with E-state index in [0.717, 1.165) is 12.1 Å². The average molecular weight is 442 g/mol. The molecule has 0 aliphatic heterocycles. The first-order chi connectivity index (χ1) is 14.1. The highest BCUT2D eigenvalue weighted by atomic mass is 32.2. The molecule has 0 aliphatic carbocycles. The molecule has 1 amide bonds. The number of rotatable bonds is 7. The Morgan fingerprint density at radius 3 is 2.69 bits per heavy atom. The molecule has 4 rings (SSSR count). The number of thiophene rings is 2. The van der Waals surface area contributed by atoms with Gasteiger partial charge in [-0.1, -0.05) is 36.0 Å². The number of aromatic nitrogens is 2. The minimum atomic E-state index is -0.0364. The van der Waals surface area contributed by atoms with E-state index in [0.29, 0.717) is 21.9 Å². The summed E-state index contributed by atoms with van der Waals surface area (Å²) in [6, 6.07) is 15.5. The highest BCUT2D eigenvalue weighted by Crippen LogP contribution is 2.23. The first-order valence-corrected chi connectivity index (χ1v) is 11.8. The summed E-state index contributed by atoms with van der Waals surface area (Å²) in [7, 11) is 1.76. The number of para-hydroxylation sites is 1. The van der Waals surface area contributed by atoms with E-state index < -0.39 is 0 Å². The minimum absolute atomic E-state index is 0.0343. The van der Waals surface area contributed by atoms with Crippen molar-refractivity contribution in [3.8, 4) is 0 Å². The van der Waals surface area contributed by atoms with Gasteiger partial charge in [-0.25, -0.2) is 4.98 Å². The average Bonchev–Trinajstić information content (AvgIpc) is 3.43. The van der Waals surface area contributed by atoms with E-state index in [1.54, 1.807) is 27.9 Å². The Kier molecular flexibility index (Phi) is 6.13. The number of aryl methyl sites for hydroxylation is 1. The number of carbonyl (C=O) groups excluding carboxylic acids is 1. The lowest BCUT2D eigenvalue weighted by Gasteiger charge is -2.17. The number of nitrogens with zero attached hydrogens (tertiary/aromatic N) is 3. The zero-order valence-electron chi connectivity index (χ0n) is 15.8. The maximum absolute atomic E-state index is 13.0. The second kappa shape index (κ2) is 8.94. The summed E-state index contributed by atoms with van der Waals surface area (Å²) in [6.45, 7) is 0.547. The molecule has 0 aliphatic rings. The molecule has 29 heavy (non-hydrogen) atoms. The van der Waals surface area contributed by atoms with Gasteiger partial charge in [0.2, 0.25) is 5.91 Å². The fourth-order valence-corrected chi connectivity index (χ4v) is 5.34. The molecular formula is C21H19N3O2S3. The number of amides is 1. The van der Waals surface area contributed by atoms with Gasteiger partial charge in [0, 0.05) is 24.2 Å². The summed E-state index contributed by atoms with van der Waals surface area (Å²) < 4.78 is 2.37. The zero-order chi connectivity index (χ0) is 20.2. The third-order valence-corrected chi connectivity index (χ3v) is 7.32. The summed E-state index contributed by atoms with van der Waals surface area (Å²) >= 11 is 4.40. The van der Waals surface area contributed by atoms with Crippen LogP contribution < -0.4 is 10.5 Å². The second-order valence-electron chi connectivity index (χ2n) is 6.39. The van der Waals surface area contributed by atoms with Crippen LogP contribution in [0.2, 0.25) is 0 Å². The smallest absolute Gasteiger partial charge is 0.272 e. The first kappa shape index (κ1) is 19.9. The molecule has 0 bridgehead atoms. The Bertz CT molecular complexity index is 1170. The monoisotopic (exact) mass is 441 g/mol. The van der Waals surface area contributed by atoms with Crippen LogP contribution >= 0.6 is 34.4 Å². The number of hydrogen-bond acceptors (Lipinski definition) is 6. The lowest BCUT2D eigenvalue weighted by Crippen LogP contribution is -2.29. The Balaban J connectivity index is 1.56. The maximum atomic E-state index is 13.0. The van der Waals surface area contributed by atoms with Crippen LogP contribution in [-0.2, 0) is 17.8 Å². The third kappa shape index (κ3) is 4.44. The van der Waals surface area contributed by atoms with Crippen LogP contribution in [0.1, 0.15) is 4.88 Å². The van der Waals surface area contributed by atoms with Crippen molar-refractivity contribution in [1.29, 1.82) is 0 Å². The fourth-order valence-electron chi connectivity index (χ4n) is 2.93. The highest BCUT2D eigenvalue weighted by Gasteiger charge is 2.16. The van der Waals surface area contributed by atoms with E-state index in [1.807, 2.05) is 53.2 Å². The standard InChI is InChI=1S/C21H19N3O2S3/c1-23(15-6-3-2-4-7-15)18(25)14-29-21-22-17-10-13-28-19(17)20(26)24(21)11-9-16-8-5-12-27-16/h2-8,10,12-13H,9,11,14H2,1H3. The molecule has 0 fully saturated rings. The fraction of sp³-hybridized carbons (Fsp3) is 0.190. The van der Waals surface area contributed by atoms with Crippen molar-refractivity contribution >= 4 is 56.2 Å². The molecule has 3 aromatic heterocycles. The summed E-state index contributed by atoms with van der Waals surface area (Å²) in [5.41, 5.74) is 1.50. The third-order valence-electron chi connectivity index (χ3n) is 4.54. The molecule has 0 spiro atoms. The molecule has 148 valence electrons. The molecule has 4 aromatic rings. The SMILES string of the molecule is CN(C(=O)CSc1nc2ccsc2c(=O)n1CCc1cccs1)c1ccccc1. The van der Waals surface area contributed by atoms with Gasteiger partial charge < -0.3 is 4.90 Å². The Morgan fingerprint density at radius 1 is 1.10 bits per heavy atom. The number of fused-ring (bicyclic) bond motifs is 1. The number of carbonyl (C=O) groups is 1. The summed E-state index contributed by atoms with van der Waals surface area (Å²) in [6.07, 6.45) is 0.765. The van der Waals surface area contributed by atoms with E-state index in [2.05, 4.69) is 11.1 Å². The lowest BCUT2D eigenvalue weighted by molar-refractivity contribution is -0.115. The molecule has 8 heteroatoms. The molecular weight excluding hydrogens is 422 g/mol. The van der Waals surface area contributed by atoms with Crippen LogP contribution in [-0.4, -0.2) is 28.3 Å². The van der Waals surface area contributed by atoms with Crippen molar-refractivity contribution in [2.24, 2.45) is 0 Å². The van der Waals surface area contributed by atoms with Crippen LogP contribution in [0.5, 0.6) is 0 Å². The molecule has 1 aromatic carbocycles. The van der Waals surface area contributed by atoms with E-state index in [-0.39, 0.29) is 17.2 Å². The predicted molar refractivity (Wildman–Crippen MR) is 122 cm³/mol. The van der Waals surface area contributed by atoms with Gasteiger partial charge in [-0.15, -0.1) is 22.7 Å². The molecule has 0 saturated carbocycles. The number of benzene rings is 1. The van der Waals surface area contributed by atoms with Crippen LogP contribution in [0.25, 0.3) is 10.2 Å². The second-order valence-corrected chi connectivity index (χ2v) is 9.28. The van der Waals surface area contributed by atoms with Crippen molar-refractivity contribution in [1.82, 2.24) is 9.55 Å². The summed E-state index contributed by atoms with van der Waals surface area (Å²) in [5, 5.41) is 4.50. The molecule has 0 atom stereocenters. The van der Waals surface area contributed by atoms with Crippen molar-refractivity contribution in [3.63, 3.8) is 0 Å². The normalized spacial score (nSPS) is 11.1. The predicted octanol–water partition coefficient (Wildman–Crippen LogP) is 4.52. The Labute approximate surface area is 180 Å². The van der Waals surface area contributed by atoms with E-state index >= 15 is 0 Å². The van der Waals surface area contributed by atoms with Crippen LogP contribution in [0.15, 0.2) is 69.2 Å². The maximum Gasteiger partial charge on any atom is 0.272 e. The molecule has 3 heterocycles. The molecule has 0 N–H and O–H groups in total. The van der Waals surface area contributed by atoms with Gasteiger partial charge in [0.15, 0.2) is 5.16 Å². The molecule has 0 saturated heterocycles. The van der Waals surface area contributed by atoms with Crippen molar-refractivity contribution < 1.29 is 4.79 Å². The van der Waals surface area contributed by atoms with Gasteiger partial charge in [-0.3, -0.25) is 14.2 Å². The minimum Gasteiger partial charge on any atom is -0.315 e. The van der Waals surface area contributed by atoms with Crippen LogP contribution in [0.3, 0.4) is 0 Å². The van der Waals surface area contributed by atoms with Gasteiger partial charge in [-0.05, 0) is 41.4 Å². The summed E-state index contributed by atoms with van der Waals surface area (Å²) in [5.74, 6) is 0.178. The lowest BCUT2D eigenvalue weighted by atomic mass is 10.3. The van der Waals surface area contributed by atoms with Crippen molar-refractivity contribution in [3.05, 3.63) is 74.5 Å². The van der Waals surface area contributed by atoms with Gasteiger partial charge in [0.1, 0.15) is 4.70 Å². The van der Waals surface area contributed by atoms with E-state index in [4.69, 9.17) is 0 Å². The largest absolute Gasteiger partial charge is 0.315 e. The van der Waals surface area contributed by atoms with Gasteiger partial charge in [0.05, 0.1) is 11.3 Å². The van der Waals surface area contributed by atoms with Crippen LogP contribution in [0.4, 0.5) is 5.69 Å². The van der Waals surface area contributed by atoms with Gasteiger partial charge in [-0.2, -0.15) is 0 Å². The van der Waals surface area contributed by atoms with E-state index in [1.165, 1.54) is 28.0 Å². The molecule has 0 radical (unpaired) electrons. The van der Waals surface area contributed by atoms with Gasteiger partial charge in [0.25, 0.3) is 5.56 Å². The van der Waals surface area contributed by atoms with Crippen molar-refractivity contribution in [2.75, 3.05) is 17.7 Å². The van der Waals surface area contributed by atoms with Crippen LogP contribution in [0, 0.1) is 0 Å². The van der Waals surface area contributed by atoms with Crippen molar-refractivity contribution in [2.45, 2.75) is 18.1 Å². The zero-order valence-corrected chi connectivity index (χ0v) is 18.2. The molecule has 5 nitrogen and oxygen atoms in total. The highest BCUT2D eigenvalue weighted by molar-refractivity contribution is 7.99. The number of thioether (sulfide) groups is 1. The first-order valence-electron chi connectivity index (χ1n) is 9.08. The summed E-state index contributed by atoms with van der Waals surface area (Å²) in [4.78, 5) is 33.2. The Morgan fingerprint density at radius 2 is 1.93 bits per heavy atom. The van der Waals surface area contributed by atoms with Gasteiger partial charge >= 0.3 is 0 Å². The quantitative estimate of drug-likeness (QED) is 0.313. The molecule has 0 unspecified atom stereocenters.